The van der Waals surface area contributed by atoms with Crippen molar-refractivity contribution in [2.45, 2.75) is 45.8 Å². The fourth-order valence-electron chi connectivity index (χ4n) is 2.79. The van der Waals surface area contributed by atoms with Gasteiger partial charge >= 0.3 is 0 Å². The molecule has 3 N–H and O–H groups in total. The third-order valence-electron chi connectivity index (χ3n) is 4.51. The first kappa shape index (κ1) is 15.0. The number of hydrogen-bond acceptors (Lipinski definition) is 3. The highest BCUT2D eigenvalue weighted by molar-refractivity contribution is 5.99. The van der Waals surface area contributed by atoms with Crippen molar-refractivity contribution in [3.05, 3.63) is 29.8 Å². The van der Waals surface area contributed by atoms with Gasteiger partial charge in [-0.15, -0.1) is 0 Å². The number of benzene rings is 1. The summed E-state index contributed by atoms with van der Waals surface area (Å²) >= 11 is 0. The first-order chi connectivity index (χ1) is 9.31. The lowest BCUT2D eigenvalue weighted by molar-refractivity contribution is -0.166. The molecule has 0 bridgehead atoms. The second kappa shape index (κ2) is 5.19. The van der Waals surface area contributed by atoms with Crippen LogP contribution in [0.5, 0.6) is 0 Å². The van der Waals surface area contributed by atoms with Crippen LogP contribution in [0.2, 0.25) is 0 Å². The molecule has 1 aromatic rings. The second-order valence-corrected chi connectivity index (χ2v) is 6.16. The van der Waals surface area contributed by atoms with Gasteiger partial charge in [0, 0.05) is 24.1 Å². The number of aryl methyl sites for hydroxylation is 1. The number of rotatable bonds is 4. The van der Waals surface area contributed by atoms with Gasteiger partial charge in [0.2, 0.25) is 5.91 Å². The summed E-state index contributed by atoms with van der Waals surface area (Å²) in [6.07, 6.45) is 0.603. The van der Waals surface area contributed by atoms with Crippen molar-refractivity contribution in [2.75, 3.05) is 11.9 Å². The van der Waals surface area contributed by atoms with E-state index in [-0.39, 0.29) is 17.4 Å². The molecule has 110 valence electrons. The zero-order valence-electron chi connectivity index (χ0n) is 12.7. The first-order valence-electron chi connectivity index (χ1n) is 7.10. The van der Waals surface area contributed by atoms with E-state index in [2.05, 4.69) is 5.32 Å². The van der Waals surface area contributed by atoms with Crippen LogP contribution < -0.4 is 11.1 Å². The van der Waals surface area contributed by atoms with Gasteiger partial charge < -0.3 is 15.8 Å². The monoisotopic (exact) mass is 276 g/mol. The molecular formula is C16H24N2O2. The number of anilines is 1. The Bertz CT molecular complexity index is 513. The summed E-state index contributed by atoms with van der Waals surface area (Å²) in [6, 6.07) is 7.72. The maximum Gasteiger partial charge on any atom is 0.245 e. The van der Waals surface area contributed by atoms with E-state index in [0.29, 0.717) is 13.0 Å². The van der Waals surface area contributed by atoms with E-state index < -0.39 is 5.54 Å². The van der Waals surface area contributed by atoms with Crippen LogP contribution in [0.4, 0.5) is 5.69 Å². The molecule has 2 atom stereocenters. The zero-order valence-corrected chi connectivity index (χ0v) is 12.7. The Morgan fingerprint density at radius 3 is 2.75 bits per heavy atom. The minimum atomic E-state index is -0.878. The molecule has 0 radical (unpaired) electrons. The molecule has 1 saturated carbocycles. The van der Waals surface area contributed by atoms with Crippen LogP contribution in [0.25, 0.3) is 0 Å². The van der Waals surface area contributed by atoms with Crippen LogP contribution >= 0.6 is 0 Å². The molecule has 1 fully saturated rings. The minimum absolute atomic E-state index is 0.0424. The van der Waals surface area contributed by atoms with Gasteiger partial charge in [-0.3, -0.25) is 4.79 Å². The maximum atomic E-state index is 12.5. The normalized spacial score (nSPS) is 27.8. The molecule has 0 saturated heterocycles. The molecule has 20 heavy (non-hydrogen) atoms. The molecule has 0 heterocycles. The van der Waals surface area contributed by atoms with Gasteiger partial charge in [-0.25, -0.2) is 0 Å². The average Bonchev–Trinajstić information content (AvgIpc) is 2.38. The Hall–Kier alpha value is -1.39. The summed E-state index contributed by atoms with van der Waals surface area (Å²) in [5.41, 5.74) is 6.99. The molecule has 0 aromatic heterocycles. The average molecular weight is 276 g/mol. The summed E-state index contributed by atoms with van der Waals surface area (Å²) in [7, 11) is 0. The van der Waals surface area contributed by atoms with Crippen molar-refractivity contribution in [3.8, 4) is 0 Å². The summed E-state index contributed by atoms with van der Waals surface area (Å²) in [6.45, 7) is 8.58. The van der Waals surface area contributed by atoms with Gasteiger partial charge in [-0.1, -0.05) is 26.0 Å². The van der Waals surface area contributed by atoms with Crippen molar-refractivity contribution in [1.82, 2.24) is 0 Å². The molecule has 0 spiro atoms. The lowest BCUT2D eigenvalue weighted by Gasteiger charge is -2.57. The molecule has 4 heteroatoms. The molecule has 2 unspecified atom stereocenters. The van der Waals surface area contributed by atoms with E-state index in [9.17, 15) is 4.79 Å². The summed E-state index contributed by atoms with van der Waals surface area (Å²) < 4.78 is 5.65. The van der Waals surface area contributed by atoms with E-state index in [1.54, 1.807) is 0 Å². The highest BCUT2D eigenvalue weighted by atomic mass is 16.5. The van der Waals surface area contributed by atoms with Gasteiger partial charge in [0.05, 0.1) is 6.10 Å². The predicted octanol–water partition coefficient (Wildman–Crippen LogP) is 2.47. The number of amides is 1. The van der Waals surface area contributed by atoms with E-state index in [4.69, 9.17) is 10.5 Å². The number of nitrogens with one attached hydrogen (secondary N) is 1. The molecule has 1 amide bonds. The quantitative estimate of drug-likeness (QED) is 0.888. The van der Waals surface area contributed by atoms with Gasteiger partial charge in [0.15, 0.2) is 0 Å². The second-order valence-electron chi connectivity index (χ2n) is 6.16. The van der Waals surface area contributed by atoms with Crippen LogP contribution in [-0.4, -0.2) is 24.2 Å². The highest BCUT2D eigenvalue weighted by Gasteiger charge is 2.62. The molecule has 1 aliphatic rings. The summed E-state index contributed by atoms with van der Waals surface area (Å²) in [5.74, 6) is -0.135. The third-order valence-corrected chi connectivity index (χ3v) is 4.51. The molecular weight excluding hydrogens is 252 g/mol. The van der Waals surface area contributed by atoms with Crippen molar-refractivity contribution < 1.29 is 9.53 Å². The van der Waals surface area contributed by atoms with Crippen LogP contribution in [0.1, 0.15) is 32.8 Å². The first-order valence-corrected chi connectivity index (χ1v) is 7.10. The van der Waals surface area contributed by atoms with Crippen LogP contribution in [-0.2, 0) is 9.53 Å². The van der Waals surface area contributed by atoms with Crippen molar-refractivity contribution in [2.24, 2.45) is 11.1 Å². The maximum absolute atomic E-state index is 12.5. The van der Waals surface area contributed by atoms with E-state index in [1.807, 2.05) is 52.0 Å². The summed E-state index contributed by atoms with van der Waals surface area (Å²) in [5, 5.41) is 2.92. The van der Waals surface area contributed by atoms with Gasteiger partial charge in [-0.05, 0) is 31.5 Å². The summed E-state index contributed by atoms with van der Waals surface area (Å²) in [4.78, 5) is 12.5. The number of carbonyl (C=O) groups is 1. The SMILES string of the molecule is CCOC1CC(N)(C(=O)Nc2cccc(C)c2)C1(C)C. The van der Waals surface area contributed by atoms with E-state index in [0.717, 1.165) is 11.3 Å². The Morgan fingerprint density at radius 2 is 2.20 bits per heavy atom. The zero-order chi connectivity index (χ0) is 15.0. The molecule has 1 aliphatic carbocycles. The fraction of sp³-hybridized carbons (Fsp3) is 0.562. The predicted molar refractivity (Wildman–Crippen MR) is 80.5 cm³/mol. The van der Waals surface area contributed by atoms with E-state index >= 15 is 0 Å². The Balaban J connectivity index is 2.10. The molecule has 4 nitrogen and oxygen atoms in total. The Morgan fingerprint density at radius 1 is 1.50 bits per heavy atom. The van der Waals surface area contributed by atoms with Crippen LogP contribution in [0.15, 0.2) is 24.3 Å². The van der Waals surface area contributed by atoms with Crippen LogP contribution in [0.3, 0.4) is 0 Å². The fourth-order valence-corrected chi connectivity index (χ4v) is 2.79. The minimum Gasteiger partial charge on any atom is -0.378 e. The third kappa shape index (κ3) is 2.34. The van der Waals surface area contributed by atoms with Crippen molar-refractivity contribution >= 4 is 11.6 Å². The highest BCUT2D eigenvalue weighted by Crippen LogP contribution is 2.50. The van der Waals surface area contributed by atoms with Gasteiger partial charge in [0.25, 0.3) is 0 Å². The Kier molecular flexibility index (Phi) is 3.89. The molecule has 0 aliphatic heterocycles. The largest absolute Gasteiger partial charge is 0.378 e. The van der Waals surface area contributed by atoms with Crippen LogP contribution in [0, 0.1) is 12.3 Å². The lowest BCUT2D eigenvalue weighted by Crippen LogP contribution is -2.74. The van der Waals surface area contributed by atoms with Gasteiger partial charge in [-0.2, -0.15) is 0 Å². The number of nitrogens with two attached hydrogens (primary N) is 1. The van der Waals surface area contributed by atoms with Crippen molar-refractivity contribution in [3.63, 3.8) is 0 Å². The number of hydrogen-bond donors (Lipinski definition) is 2. The topological polar surface area (TPSA) is 64.3 Å². The standard InChI is InChI=1S/C16H24N2O2/c1-5-20-13-10-16(17,15(13,3)4)14(19)18-12-8-6-7-11(2)9-12/h6-9,13H,5,10,17H2,1-4H3,(H,18,19). The number of ether oxygens (including phenoxy) is 1. The Labute approximate surface area is 120 Å². The smallest absolute Gasteiger partial charge is 0.245 e. The number of carbonyl (C=O) groups excluding carboxylic acids is 1. The van der Waals surface area contributed by atoms with Gasteiger partial charge in [0.1, 0.15) is 5.54 Å². The molecule has 2 rings (SSSR count). The van der Waals surface area contributed by atoms with E-state index in [1.165, 1.54) is 0 Å². The molecule has 1 aromatic carbocycles. The van der Waals surface area contributed by atoms with Crippen molar-refractivity contribution in [1.29, 1.82) is 0 Å². The lowest BCUT2D eigenvalue weighted by atomic mass is 9.54.